The standard InChI is InChI=1S/C10H10ClFN4/c1-16-10(14-6-15-16)5-13-9-4-7(12)2-3-8(9)11/h2-4,6,13H,5H2,1H3. The smallest absolute Gasteiger partial charge is 0.145 e. The number of aromatic nitrogens is 3. The van der Waals surface area contributed by atoms with E-state index < -0.39 is 0 Å². The number of benzene rings is 1. The Morgan fingerprint density at radius 1 is 1.50 bits per heavy atom. The Bertz CT molecular complexity index is 497. The van der Waals surface area contributed by atoms with Crippen LogP contribution in [0.4, 0.5) is 10.1 Å². The van der Waals surface area contributed by atoms with Crippen LogP contribution in [0.2, 0.25) is 5.02 Å². The zero-order chi connectivity index (χ0) is 11.5. The number of hydrogen-bond acceptors (Lipinski definition) is 3. The second-order valence-corrected chi connectivity index (χ2v) is 3.68. The second kappa shape index (κ2) is 4.49. The predicted molar refractivity (Wildman–Crippen MR) is 59.7 cm³/mol. The van der Waals surface area contributed by atoms with E-state index in [-0.39, 0.29) is 5.82 Å². The Labute approximate surface area is 97.1 Å². The first-order chi connectivity index (χ1) is 7.66. The molecule has 1 aromatic carbocycles. The lowest BCUT2D eigenvalue weighted by molar-refractivity contribution is 0.628. The van der Waals surface area contributed by atoms with Gasteiger partial charge in [-0.25, -0.2) is 9.37 Å². The molecule has 0 spiro atoms. The molecule has 0 fully saturated rings. The van der Waals surface area contributed by atoms with E-state index in [0.717, 1.165) is 5.82 Å². The van der Waals surface area contributed by atoms with Crippen molar-refractivity contribution in [3.05, 3.63) is 41.2 Å². The average Bonchev–Trinajstić information content (AvgIpc) is 2.66. The summed E-state index contributed by atoms with van der Waals surface area (Å²) in [4.78, 5) is 4.04. The first kappa shape index (κ1) is 10.9. The van der Waals surface area contributed by atoms with Crippen molar-refractivity contribution in [3.63, 3.8) is 0 Å². The van der Waals surface area contributed by atoms with E-state index >= 15 is 0 Å². The van der Waals surface area contributed by atoms with Gasteiger partial charge in [0.2, 0.25) is 0 Å². The fourth-order valence-electron chi connectivity index (χ4n) is 1.29. The van der Waals surface area contributed by atoms with Crippen molar-refractivity contribution < 1.29 is 4.39 Å². The van der Waals surface area contributed by atoms with Crippen molar-refractivity contribution >= 4 is 17.3 Å². The number of halogens is 2. The number of nitrogens with one attached hydrogen (secondary N) is 1. The van der Waals surface area contributed by atoms with E-state index in [1.807, 2.05) is 0 Å². The first-order valence-corrected chi connectivity index (χ1v) is 5.06. The summed E-state index contributed by atoms with van der Waals surface area (Å²) in [5.41, 5.74) is 0.546. The van der Waals surface area contributed by atoms with Gasteiger partial charge in [-0.2, -0.15) is 5.10 Å². The van der Waals surface area contributed by atoms with Crippen LogP contribution in [0.1, 0.15) is 5.82 Å². The largest absolute Gasteiger partial charge is 0.376 e. The molecule has 1 aromatic heterocycles. The highest BCUT2D eigenvalue weighted by Crippen LogP contribution is 2.22. The number of rotatable bonds is 3. The number of aryl methyl sites for hydroxylation is 1. The SMILES string of the molecule is Cn1ncnc1CNc1cc(F)ccc1Cl. The van der Waals surface area contributed by atoms with E-state index in [1.54, 1.807) is 11.7 Å². The minimum Gasteiger partial charge on any atom is -0.376 e. The maximum absolute atomic E-state index is 13.0. The summed E-state index contributed by atoms with van der Waals surface area (Å²) in [6, 6.07) is 4.17. The molecule has 0 aliphatic rings. The Morgan fingerprint density at radius 2 is 2.31 bits per heavy atom. The lowest BCUT2D eigenvalue weighted by atomic mass is 10.3. The van der Waals surface area contributed by atoms with E-state index in [4.69, 9.17) is 11.6 Å². The maximum atomic E-state index is 13.0. The molecule has 0 amide bonds. The summed E-state index contributed by atoms with van der Waals surface area (Å²) in [7, 11) is 1.79. The summed E-state index contributed by atoms with van der Waals surface area (Å²) < 4.78 is 14.6. The van der Waals surface area contributed by atoms with Crippen LogP contribution in [0.5, 0.6) is 0 Å². The molecule has 6 heteroatoms. The van der Waals surface area contributed by atoms with Crippen molar-refractivity contribution in [2.45, 2.75) is 6.54 Å². The van der Waals surface area contributed by atoms with Crippen molar-refractivity contribution in [3.8, 4) is 0 Å². The summed E-state index contributed by atoms with van der Waals surface area (Å²) >= 11 is 5.90. The summed E-state index contributed by atoms with van der Waals surface area (Å²) in [6.07, 6.45) is 1.46. The number of hydrogen-bond donors (Lipinski definition) is 1. The van der Waals surface area contributed by atoms with Gasteiger partial charge in [0, 0.05) is 7.05 Å². The topological polar surface area (TPSA) is 42.7 Å². The molecule has 0 aliphatic carbocycles. The van der Waals surface area contributed by atoms with Crippen LogP contribution in [-0.2, 0) is 13.6 Å². The third-order valence-corrected chi connectivity index (χ3v) is 2.50. The monoisotopic (exact) mass is 240 g/mol. The van der Waals surface area contributed by atoms with Crippen LogP contribution in [0.3, 0.4) is 0 Å². The highest BCUT2D eigenvalue weighted by molar-refractivity contribution is 6.33. The van der Waals surface area contributed by atoms with Crippen LogP contribution in [0, 0.1) is 5.82 Å². The molecule has 84 valence electrons. The van der Waals surface area contributed by atoms with Gasteiger partial charge < -0.3 is 5.32 Å². The van der Waals surface area contributed by atoms with Crippen LogP contribution >= 0.6 is 11.6 Å². The van der Waals surface area contributed by atoms with Gasteiger partial charge in [-0.3, -0.25) is 4.68 Å². The lowest BCUT2D eigenvalue weighted by Gasteiger charge is -2.07. The van der Waals surface area contributed by atoms with E-state index in [9.17, 15) is 4.39 Å². The number of anilines is 1. The molecule has 0 bridgehead atoms. The lowest BCUT2D eigenvalue weighted by Crippen LogP contribution is -2.07. The molecular formula is C10H10ClFN4. The zero-order valence-corrected chi connectivity index (χ0v) is 9.37. The molecule has 0 aliphatic heterocycles. The average molecular weight is 241 g/mol. The molecule has 0 atom stereocenters. The number of nitrogens with zero attached hydrogens (tertiary/aromatic N) is 3. The van der Waals surface area contributed by atoms with Crippen molar-refractivity contribution in [2.75, 3.05) is 5.32 Å². The Morgan fingerprint density at radius 3 is 3.00 bits per heavy atom. The highest BCUT2D eigenvalue weighted by Gasteiger charge is 2.04. The van der Waals surface area contributed by atoms with Gasteiger partial charge in [0.25, 0.3) is 0 Å². The minimum atomic E-state index is -0.329. The molecule has 0 saturated carbocycles. The fraction of sp³-hybridized carbons (Fsp3) is 0.200. The van der Waals surface area contributed by atoms with Crippen molar-refractivity contribution in [1.29, 1.82) is 0 Å². The minimum absolute atomic E-state index is 0.329. The van der Waals surface area contributed by atoms with Crippen LogP contribution in [0.15, 0.2) is 24.5 Å². The molecule has 4 nitrogen and oxygen atoms in total. The van der Waals surface area contributed by atoms with Gasteiger partial charge in [-0.15, -0.1) is 0 Å². The maximum Gasteiger partial charge on any atom is 0.145 e. The van der Waals surface area contributed by atoms with Gasteiger partial charge in [0.15, 0.2) is 0 Å². The third kappa shape index (κ3) is 2.30. The van der Waals surface area contributed by atoms with Crippen molar-refractivity contribution in [2.24, 2.45) is 7.05 Å². The van der Waals surface area contributed by atoms with Gasteiger partial charge >= 0.3 is 0 Å². The first-order valence-electron chi connectivity index (χ1n) is 4.68. The molecular weight excluding hydrogens is 231 g/mol. The highest BCUT2D eigenvalue weighted by atomic mass is 35.5. The zero-order valence-electron chi connectivity index (χ0n) is 8.61. The summed E-state index contributed by atoms with van der Waals surface area (Å²) in [5, 5.41) is 7.40. The van der Waals surface area contributed by atoms with Crippen LogP contribution < -0.4 is 5.32 Å². The fourth-order valence-corrected chi connectivity index (χ4v) is 1.47. The quantitative estimate of drug-likeness (QED) is 0.895. The third-order valence-electron chi connectivity index (χ3n) is 2.17. The Kier molecular flexibility index (Phi) is 3.05. The molecule has 0 unspecified atom stereocenters. The molecule has 1 N–H and O–H groups in total. The van der Waals surface area contributed by atoms with E-state index in [2.05, 4.69) is 15.4 Å². The molecule has 1 heterocycles. The van der Waals surface area contributed by atoms with E-state index in [1.165, 1.54) is 24.5 Å². The van der Waals surface area contributed by atoms with Crippen molar-refractivity contribution in [1.82, 2.24) is 14.8 Å². The molecule has 16 heavy (non-hydrogen) atoms. The normalized spacial score (nSPS) is 10.4. The van der Waals surface area contributed by atoms with Gasteiger partial charge in [0.05, 0.1) is 17.3 Å². The summed E-state index contributed by atoms with van der Waals surface area (Å²) in [6.45, 7) is 0.444. The second-order valence-electron chi connectivity index (χ2n) is 3.28. The van der Waals surface area contributed by atoms with Gasteiger partial charge in [0.1, 0.15) is 18.0 Å². The van der Waals surface area contributed by atoms with Crippen LogP contribution in [0.25, 0.3) is 0 Å². The van der Waals surface area contributed by atoms with Gasteiger partial charge in [-0.05, 0) is 18.2 Å². The molecule has 0 radical (unpaired) electrons. The predicted octanol–water partition coefficient (Wildman–Crippen LogP) is 2.22. The molecule has 2 aromatic rings. The van der Waals surface area contributed by atoms with E-state index in [0.29, 0.717) is 17.3 Å². The Hall–Kier alpha value is -1.62. The summed E-state index contributed by atoms with van der Waals surface area (Å²) in [5.74, 6) is 0.421. The molecule has 2 rings (SSSR count). The van der Waals surface area contributed by atoms with Crippen LogP contribution in [-0.4, -0.2) is 14.8 Å². The molecule has 0 saturated heterocycles. The Balaban J connectivity index is 2.10. The van der Waals surface area contributed by atoms with Gasteiger partial charge in [-0.1, -0.05) is 11.6 Å².